The molecule has 0 bridgehead atoms. The maximum Gasteiger partial charge on any atom is 0.138 e. The summed E-state index contributed by atoms with van der Waals surface area (Å²) in [6.45, 7) is 2.01. The molecule has 23 heavy (non-hydrogen) atoms. The van der Waals surface area contributed by atoms with Gasteiger partial charge in [-0.15, -0.1) is 0 Å². The Balaban J connectivity index is 1.68. The lowest BCUT2D eigenvalue weighted by Crippen LogP contribution is -2.28. The van der Waals surface area contributed by atoms with Gasteiger partial charge in [-0.3, -0.25) is 4.98 Å². The molecule has 1 atom stereocenters. The molecule has 0 radical (unpaired) electrons. The van der Waals surface area contributed by atoms with Crippen LogP contribution in [0.4, 0.5) is 0 Å². The van der Waals surface area contributed by atoms with Gasteiger partial charge in [0, 0.05) is 24.4 Å². The fourth-order valence-electron chi connectivity index (χ4n) is 2.94. The predicted molar refractivity (Wildman–Crippen MR) is 91.6 cm³/mol. The topological polar surface area (TPSA) is 54.4 Å². The van der Waals surface area contributed by atoms with Gasteiger partial charge in [0.05, 0.1) is 6.20 Å². The zero-order valence-corrected chi connectivity index (χ0v) is 13.4. The Morgan fingerprint density at radius 2 is 2.17 bits per heavy atom. The van der Waals surface area contributed by atoms with Crippen molar-refractivity contribution in [2.75, 3.05) is 19.8 Å². The van der Waals surface area contributed by atoms with Gasteiger partial charge >= 0.3 is 0 Å². The Bertz CT molecular complexity index is 624. The minimum Gasteiger partial charge on any atom is -0.490 e. The number of nitrogens with one attached hydrogen (secondary N) is 1. The van der Waals surface area contributed by atoms with Crippen molar-refractivity contribution in [2.24, 2.45) is 0 Å². The van der Waals surface area contributed by atoms with Crippen LogP contribution in [-0.4, -0.2) is 35.9 Å². The molecule has 1 aromatic heterocycles. The van der Waals surface area contributed by atoms with Crippen LogP contribution in [-0.2, 0) is 6.42 Å². The monoisotopic (exact) mass is 312 g/mol. The molecule has 2 N–H and O–H groups in total. The Morgan fingerprint density at radius 1 is 1.22 bits per heavy atom. The highest BCUT2D eigenvalue weighted by Gasteiger charge is 2.14. The number of benzene rings is 1. The summed E-state index contributed by atoms with van der Waals surface area (Å²) in [6.07, 6.45) is 7.73. The van der Waals surface area contributed by atoms with Gasteiger partial charge in [0.15, 0.2) is 0 Å². The van der Waals surface area contributed by atoms with Crippen LogP contribution in [0.3, 0.4) is 0 Å². The molecule has 0 amide bonds. The van der Waals surface area contributed by atoms with Crippen molar-refractivity contribution in [3.63, 3.8) is 0 Å². The van der Waals surface area contributed by atoms with Crippen LogP contribution in [0.2, 0.25) is 0 Å². The first kappa shape index (κ1) is 16.0. The average Bonchev–Trinajstić information content (AvgIpc) is 3.12. The Morgan fingerprint density at radius 3 is 3.00 bits per heavy atom. The van der Waals surface area contributed by atoms with Gasteiger partial charge in [0.1, 0.15) is 12.4 Å². The average molecular weight is 312 g/mol. The van der Waals surface area contributed by atoms with Gasteiger partial charge in [-0.25, -0.2) is 0 Å². The number of aliphatic hydroxyl groups excluding tert-OH is 1. The first-order valence-electron chi connectivity index (χ1n) is 8.36. The van der Waals surface area contributed by atoms with Crippen molar-refractivity contribution in [3.05, 3.63) is 48.3 Å². The number of rotatable bonds is 7. The summed E-state index contributed by atoms with van der Waals surface area (Å²) in [5.74, 6) is 0.817. The molecule has 0 spiro atoms. The highest BCUT2D eigenvalue weighted by molar-refractivity contribution is 5.64. The smallest absolute Gasteiger partial charge is 0.138 e. The number of ether oxygens (including phenoxy) is 1. The standard InChI is InChI=1S/C19H24N2O2/c22-9-3-5-15-4-1-6-16(10-15)17-11-19(13-20-12-17)23-14-18-7-2-8-21-18/h1,4,6,10-13,18,21-22H,2-3,5,7-9,14H2/t18-/m0/s1. The van der Waals surface area contributed by atoms with Crippen molar-refractivity contribution < 1.29 is 9.84 Å². The number of hydrogen-bond acceptors (Lipinski definition) is 4. The summed E-state index contributed by atoms with van der Waals surface area (Å²) in [5.41, 5.74) is 3.43. The molecule has 1 fully saturated rings. The molecule has 3 rings (SSSR count). The molecular formula is C19H24N2O2. The van der Waals surface area contributed by atoms with E-state index in [1.165, 1.54) is 18.4 Å². The van der Waals surface area contributed by atoms with E-state index in [4.69, 9.17) is 9.84 Å². The lowest BCUT2D eigenvalue weighted by atomic mass is 10.0. The summed E-state index contributed by atoms with van der Waals surface area (Å²) in [4.78, 5) is 4.31. The van der Waals surface area contributed by atoms with Gasteiger partial charge in [0.25, 0.3) is 0 Å². The number of hydrogen-bond donors (Lipinski definition) is 2. The van der Waals surface area contributed by atoms with E-state index in [1.54, 1.807) is 6.20 Å². The lowest BCUT2D eigenvalue weighted by Gasteiger charge is -2.12. The summed E-state index contributed by atoms with van der Waals surface area (Å²) in [7, 11) is 0. The van der Waals surface area contributed by atoms with Crippen molar-refractivity contribution in [1.29, 1.82) is 0 Å². The van der Waals surface area contributed by atoms with Crippen LogP contribution < -0.4 is 10.1 Å². The summed E-state index contributed by atoms with van der Waals surface area (Å²) in [6, 6.07) is 10.9. The van der Waals surface area contributed by atoms with Crippen LogP contribution >= 0.6 is 0 Å². The normalized spacial score (nSPS) is 17.3. The zero-order valence-electron chi connectivity index (χ0n) is 13.4. The number of aryl methyl sites for hydroxylation is 1. The predicted octanol–water partition coefficient (Wildman–Crippen LogP) is 2.80. The molecule has 0 aliphatic carbocycles. The minimum absolute atomic E-state index is 0.226. The second-order valence-electron chi connectivity index (χ2n) is 6.04. The summed E-state index contributed by atoms with van der Waals surface area (Å²) >= 11 is 0. The molecule has 2 aromatic rings. The second kappa shape index (κ2) is 8.09. The zero-order chi connectivity index (χ0) is 15.9. The van der Waals surface area contributed by atoms with Gasteiger partial charge in [0.2, 0.25) is 0 Å². The van der Waals surface area contributed by atoms with Gasteiger partial charge in [-0.2, -0.15) is 0 Å². The number of nitrogens with zero attached hydrogens (tertiary/aromatic N) is 1. The molecule has 1 aliphatic heterocycles. The number of aliphatic hydroxyl groups is 1. The van der Waals surface area contributed by atoms with E-state index < -0.39 is 0 Å². The Hall–Kier alpha value is -1.91. The number of pyridine rings is 1. The molecule has 0 saturated carbocycles. The molecule has 1 saturated heterocycles. The van der Waals surface area contributed by atoms with Gasteiger partial charge in [-0.1, -0.05) is 24.3 Å². The maximum absolute atomic E-state index is 8.97. The van der Waals surface area contributed by atoms with Crippen LogP contribution in [0, 0.1) is 0 Å². The lowest BCUT2D eigenvalue weighted by molar-refractivity contribution is 0.276. The van der Waals surface area contributed by atoms with Crippen LogP contribution in [0.25, 0.3) is 11.1 Å². The van der Waals surface area contributed by atoms with Gasteiger partial charge in [-0.05, 0) is 49.4 Å². The minimum atomic E-state index is 0.226. The third-order valence-electron chi connectivity index (χ3n) is 4.21. The molecule has 1 aliphatic rings. The van der Waals surface area contributed by atoms with E-state index in [-0.39, 0.29) is 6.61 Å². The van der Waals surface area contributed by atoms with Crippen molar-refractivity contribution in [3.8, 4) is 16.9 Å². The quantitative estimate of drug-likeness (QED) is 0.825. The highest BCUT2D eigenvalue weighted by atomic mass is 16.5. The summed E-state index contributed by atoms with van der Waals surface area (Å²) < 4.78 is 5.89. The Labute approximate surface area is 137 Å². The molecule has 122 valence electrons. The largest absolute Gasteiger partial charge is 0.490 e. The highest BCUT2D eigenvalue weighted by Crippen LogP contribution is 2.24. The first-order chi connectivity index (χ1) is 11.3. The fourth-order valence-corrected chi connectivity index (χ4v) is 2.94. The van der Waals surface area contributed by atoms with E-state index >= 15 is 0 Å². The molecule has 4 heteroatoms. The van der Waals surface area contributed by atoms with E-state index in [1.807, 2.05) is 12.3 Å². The second-order valence-corrected chi connectivity index (χ2v) is 6.04. The maximum atomic E-state index is 8.97. The van der Waals surface area contributed by atoms with E-state index in [0.29, 0.717) is 12.6 Å². The van der Waals surface area contributed by atoms with Crippen LogP contribution in [0.1, 0.15) is 24.8 Å². The van der Waals surface area contributed by atoms with E-state index in [0.717, 1.165) is 36.3 Å². The van der Waals surface area contributed by atoms with E-state index in [2.05, 4.69) is 34.6 Å². The van der Waals surface area contributed by atoms with Crippen molar-refractivity contribution >= 4 is 0 Å². The number of aromatic nitrogens is 1. The third-order valence-corrected chi connectivity index (χ3v) is 4.21. The van der Waals surface area contributed by atoms with Crippen molar-refractivity contribution in [1.82, 2.24) is 10.3 Å². The Kier molecular flexibility index (Phi) is 5.61. The van der Waals surface area contributed by atoms with Gasteiger partial charge < -0.3 is 15.2 Å². The molecule has 1 aromatic carbocycles. The molecule has 4 nitrogen and oxygen atoms in total. The summed E-state index contributed by atoms with van der Waals surface area (Å²) in [5, 5.41) is 12.4. The third kappa shape index (κ3) is 4.53. The van der Waals surface area contributed by atoms with Crippen LogP contribution in [0.15, 0.2) is 42.7 Å². The van der Waals surface area contributed by atoms with Crippen LogP contribution in [0.5, 0.6) is 5.75 Å². The fraction of sp³-hybridized carbons (Fsp3) is 0.421. The van der Waals surface area contributed by atoms with E-state index in [9.17, 15) is 0 Å². The van der Waals surface area contributed by atoms with Crippen molar-refractivity contribution in [2.45, 2.75) is 31.7 Å². The first-order valence-corrected chi connectivity index (χ1v) is 8.36. The molecule has 0 unspecified atom stereocenters. The molecular weight excluding hydrogens is 288 g/mol. The molecule has 2 heterocycles. The SMILES string of the molecule is OCCCc1cccc(-c2cncc(OC[C@@H]3CCCN3)c2)c1.